The lowest BCUT2D eigenvalue weighted by Gasteiger charge is -2.19. The number of hydrogen-bond donors (Lipinski definition) is 0. The van der Waals surface area contributed by atoms with Crippen LogP contribution in [-0.2, 0) is 4.74 Å². The summed E-state index contributed by atoms with van der Waals surface area (Å²) in [5.41, 5.74) is 0. The fourth-order valence-electron chi connectivity index (χ4n) is 1.61. The third kappa shape index (κ3) is 2.84. The van der Waals surface area contributed by atoms with Gasteiger partial charge >= 0.3 is 0 Å². The largest absolute Gasteiger partial charge is 0.381 e. The van der Waals surface area contributed by atoms with Crippen molar-refractivity contribution in [1.82, 2.24) is 0 Å². The molecule has 1 fully saturated rings. The first kappa shape index (κ1) is 8.28. The average Bonchev–Trinajstić information content (AvgIpc) is 2.12. The lowest BCUT2D eigenvalue weighted by atomic mass is 10.2. The van der Waals surface area contributed by atoms with Crippen molar-refractivity contribution in [2.75, 3.05) is 13.2 Å². The Bertz CT molecular complexity index is 100. The van der Waals surface area contributed by atoms with Gasteiger partial charge in [0.2, 0.25) is 0 Å². The van der Waals surface area contributed by atoms with Crippen molar-refractivity contribution >= 4 is 8.07 Å². The summed E-state index contributed by atoms with van der Waals surface area (Å²) in [6.07, 6.45) is 1.31. The molecule has 1 aliphatic heterocycles. The van der Waals surface area contributed by atoms with Gasteiger partial charge in [0.1, 0.15) is 0 Å². The highest BCUT2D eigenvalue weighted by Gasteiger charge is 2.23. The minimum Gasteiger partial charge on any atom is -0.381 e. The molecule has 1 rings (SSSR count). The highest BCUT2D eigenvalue weighted by atomic mass is 28.3. The topological polar surface area (TPSA) is 9.23 Å². The minimum atomic E-state index is -0.802. The Labute approximate surface area is 64.8 Å². The molecule has 1 nitrogen and oxygen atoms in total. The summed E-state index contributed by atoms with van der Waals surface area (Å²) >= 11 is 0. The van der Waals surface area contributed by atoms with Gasteiger partial charge in [0.25, 0.3) is 0 Å². The van der Waals surface area contributed by atoms with Crippen LogP contribution in [0.3, 0.4) is 0 Å². The van der Waals surface area contributed by atoms with Crippen LogP contribution in [-0.4, -0.2) is 21.3 Å². The van der Waals surface area contributed by atoms with E-state index in [1.807, 2.05) is 0 Å². The molecule has 0 radical (unpaired) electrons. The van der Waals surface area contributed by atoms with Crippen LogP contribution >= 0.6 is 0 Å². The highest BCUT2D eigenvalue weighted by Crippen LogP contribution is 2.23. The highest BCUT2D eigenvalue weighted by molar-refractivity contribution is 6.76. The fourth-order valence-corrected chi connectivity index (χ4v) is 3.66. The molecule has 0 amide bonds. The molecule has 1 atom stereocenters. The van der Waals surface area contributed by atoms with Gasteiger partial charge in [-0.3, -0.25) is 0 Å². The Morgan fingerprint density at radius 1 is 1.40 bits per heavy atom. The fraction of sp³-hybridized carbons (Fsp3) is 1.00. The van der Waals surface area contributed by atoms with E-state index in [0.717, 1.165) is 19.1 Å². The molecule has 0 aromatic heterocycles. The molecule has 0 aromatic carbocycles. The lowest BCUT2D eigenvalue weighted by molar-refractivity contribution is 0.188. The number of ether oxygens (including phenoxy) is 1. The smallest absolute Gasteiger partial charge is 0.0492 e. The Morgan fingerprint density at radius 3 is 2.50 bits per heavy atom. The first-order valence-electron chi connectivity index (χ1n) is 4.16. The van der Waals surface area contributed by atoms with Crippen molar-refractivity contribution in [3.63, 3.8) is 0 Å². The molecule has 1 heterocycles. The van der Waals surface area contributed by atoms with E-state index >= 15 is 0 Å². The SMILES string of the molecule is C[Si](C)(C)CC1CCOC1. The maximum absolute atomic E-state index is 5.33. The molecule has 0 bridgehead atoms. The van der Waals surface area contributed by atoms with Gasteiger partial charge in [0, 0.05) is 21.3 Å². The minimum absolute atomic E-state index is 0.802. The second-order valence-corrected chi connectivity index (χ2v) is 10.0. The van der Waals surface area contributed by atoms with Crippen LogP contribution in [0.15, 0.2) is 0 Å². The number of rotatable bonds is 2. The van der Waals surface area contributed by atoms with Crippen LogP contribution in [0.5, 0.6) is 0 Å². The molecule has 0 aromatic rings. The van der Waals surface area contributed by atoms with Crippen molar-refractivity contribution < 1.29 is 4.74 Å². The molecule has 1 unspecified atom stereocenters. The zero-order valence-corrected chi connectivity index (χ0v) is 8.31. The predicted octanol–water partition coefficient (Wildman–Crippen LogP) is 2.36. The third-order valence-electron chi connectivity index (χ3n) is 1.93. The maximum atomic E-state index is 5.33. The average molecular weight is 158 g/mol. The van der Waals surface area contributed by atoms with Crippen LogP contribution in [0.4, 0.5) is 0 Å². The molecule has 10 heavy (non-hydrogen) atoms. The van der Waals surface area contributed by atoms with Gasteiger partial charge < -0.3 is 4.74 Å². The summed E-state index contributed by atoms with van der Waals surface area (Å²) < 4.78 is 5.33. The molecule has 1 aliphatic rings. The summed E-state index contributed by atoms with van der Waals surface area (Å²) in [7, 11) is -0.802. The molecule has 2 heteroatoms. The third-order valence-corrected chi connectivity index (χ3v) is 3.73. The Balaban J connectivity index is 2.24. The van der Waals surface area contributed by atoms with Gasteiger partial charge in [-0.15, -0.1) is 0 Å². The van der Waals surface area contributed by atoms with Crippen molar-refractivity contribution in [2.45, 2.75) is 32.1 Å². The van der Waals surface area contributed by atoms with Gasteiger partial charge in [0.15, 0.2) is 0 Å². The quantitative estimate of drug-likeness (QED) is 0.561. The summed E-state index contributed by atoms with van der Waals surface area (Å²) in [5.74, 6) is 0.895. The van der Waals surface area contributed by atoms with Gasteiger partial charge in [-0.05, 0) is 12.3 Å². The second-order valence-electron chi connectivity index (χ2n) is 4.49. The Hall–Kier alpha value is 0.177. The van der Waals surface area contributed by atoms with E-state index in [9.17, 15) is 0 Å². The van der Waals surface area contributed by atoms with Crippen LogP contribution < -0.4 is 0 Å². The molecule has 60 valence electrons. The van der Waals surface area contributed by atoms with Crippen molar-refractivity contribution in [3.05, 3.63) is 0 Å². The van der Waals surface area contributed by atoms with Crippen molar-refractivity contribution in [1.29, 1.82) is 0 Å². The van der Waals surface area contributed by atoms with Crippen LogP contribution in [0.2, 0.25) is 25.7 Å². The molecular formula is C8H18OSi. The zero-order valence-electron chi connectivity index (χ0n) is 7.31. The Kier molecular flexibility index (Phi) is 2.53. The van der Waals surface area contributed by atoms with Gasteiger partial charge in [-0.25, -0.2) is 0 Å². The van der Waals surface area contributed by atoms with Crippen molar-refractivity contribution in [2.24, 2.45) is 5.92 Å². The van der Waals surface area contributed by atoms with E-state index in [0.29, 0.717) is 0 Å². The molecule has 1 saturated heterocycles. The maximum Gasteiger partial charge on any atom is 0.0492 e. The first-order valence-corrected chi connectivity index (χ1v) is 7.86. The summed E-state index contributed by atoms with van der Waals surface area (Å²) in [4.78, 5) is 0. The summed E-state index contributed by atoms with van der Waals surface area (Å²) in [5, 5.41) is 0. The molecular weight excluding hydrogens is 140 g/mol. The Morgan fingerprint density at radius 2 is 2.10 bits per heavy atom. The normalized spacial score (nSPS) is 27.3. The standard InChI is InChI=1S/C8H18OSi/c1-10(2,3)7-8-4-5-9-6-8/h8H,4-7H2,1-3H3. The monoisotopic (exact) mass is 158 g/mol. The molecule has 0 saturated carbocycles. The summed E-state index contributed by atoms with van der Waals surface area (Å²) in [6, 6.07) is 1.45. The van der Waals surface area contributed by atoms with Crippen LogP contribution in [0, 0.1) is 5.92 Å². The lowest BCUT2D eigenvalue weighted by Crippen LogP contribution is -2.23. The van der Waals surface area contributed by atoms with Gasteiger partial charge in [0.05, 0.1) is 0 Å². The van der Waals surface area contributed by atoms with Gasteiger partial charge in [-0.1, -0.05) is 25.7 Å². The predicted molar refractivity (Wildman–Crippen MR) is 47.1 cm³/mol. The second kappa shape index (κ2) is 3.05. The van der Waals surface area contributed by atoms with Crippen molar-refractivity contribution in [3.8, 4) is 0 Å². The number of hydrogen-bond acceptors (Lipinski definition) is 1. The van der Waals surface area contributed by atoms with Crippen LogP contribution in [0.25, 0.3) is 0 Å². The van der Waals surface area contributed by atoms with E-state index in [1.165, 1.54) is 12.5 Å². The van der Waals surface area contributed by atoms with E-state index in [4.69, 9.17) is 4.74 Å². The molecule has 0 spiro atoms. The van der Waals surface area contributed by atoms with E-state index in [2.05, 4.69) is 19.6 Å². The summed E-state index contributed by atoms with van der Waals surface area (Å²) in [6.45, 7) is 9.35. The van der Waals surface area contributed by atoms with E-state index < -0.39 is 8.07 Å². The van der Waals surface area contributed by atoms with Crippen LogP contribution in [0.1, 0.15) is 6.42 Å². The first-order chi connectivity index (χ1) is 4.58. The zero-order chi connectivity index (χ0) is 7.61. The molecule has 0 aliphatic carbocycles. The van der Waals surface area contributed by atoms with E-state index in [-0.39, 0.29) is 0 Å². The molecule has 0 N–H and O–H groups in total. The van der Waals surface area contributed by atoms with E-state index in [1.54, 1.807) is 0 Å². The van der Waals surface area contributed by atoms with Gasteiger partial charge in [-0.2, -0.15) is 0 Å².